The largest absolute Gasteiger partial charge is 0.480 e. The maximum Gasteiger partial charge on any atom is 0.336 e. The van der Waals surface area contributed by atoms with Crippen molar-refractivity contribution in [3.8, 4) is 11.1 Å². The number of anilines is 1. The summed E-state index contributed by atoms with van der Waals surface area (Å²) in [4.78, 5) is 39.3. The minimum Gasteiger partial charge on any atom is -0.480 e. The van der Waals surface area contributed by atoms with Crippen LogP contribution in [-0.2, 0) is 25.5 Å². The molecular formula is C27H24N2O5. The van der Waals surface area contributed by atoms with Gasteiger partial charge in [0.05, 0.1) is 0 Å². The third-order valence-corrected chi connectivity index (χ3v) is 6.70. The van der Waals surface area contributed by atoms with Crippen LogP contribution < -0.4 is 10.6 Å². The number of carbonyl (C=O) groups is 3. The molecule has 0 saturated heterocycles. The molecular weight excluding hydrogens is 432 g/mol. The maximum absolute atomic E-state index is 13.4. The second kappa shape index (κ2) is 8.43. The molecule has 0 aromatic heterocycles. The number of para-hydroxylation sites is 1. The quantitative estimate of drug-likeness (QED) is 0.451. The van der Waals surface area contributed by atoms with Crippen LogP contribution in [0, 0.1) is 0 Å². The summed E-state index contributed by atoms with van der Waals surface area (Å²) < 4.78 is 5.70. The molecule has 2 aliphatic rings. The lowest BCUT2D eigenvalue weighted by Gasteiger charge is -2.30. The number of carboxylic acids is 1. The highest BCUT2D eigenvalue weighted by atomic mass is 16.5. The molecule has 1 aliphatic carbocycles. The number of hydrogen-bond donors (Lipinski definition) is 2. The second-order valence-electron chi connectivity index (χ2n) is 8.71. The highest BCUT2D eigenvalue weighted by Crippen LogP contribution is 2.44. The van der Waals surface area contributed by atoms with E-state index in [4.69, 9.17) is 10.5 Å². The van der Waals surface area contributed by atoms with Gasteiger partial charge in [-0.2, -0.15) is 0 Å². The monoisotopic (exact) mass is 456 g/mol. The van der Waals surface area contributed by atoms with E-state index in [0.29, 0.717) is 12.1 Å². The van der Waals surface area contributed by atoms with Crippen molar-refractivity contribution >= 4 is 23.5 Å². The van der Waals surface area contributed by atoms with Crippen LogP contribution in [0.1, 0.15) is 29.0 Å². The molecule has 3 aromatic rings. The lowest BCUT2D eigenvalue weighted by molar-refractivity contribution is -0.155. The third-order valence-electron chi connectivity index (χ3n) is 6.70. The predicted octanol–water partition coefficient (Wildman–Crippen LogP) is 3.10. The van der Waals surface area contributed by atoms with E-state index in [9.17, 15) is 19.5 Å². The normalized spacial score (nSPS) is 19.1. The van der Waals surface area contributed by atoms with Gasteiger partial charge in [0.25, 0.3) is 5.91 Å². The van der Waals surface area contributed by atoms with E-state index in [-0.39, 0.29) is 18.9 Å². The number of fused-ring (bicyclic) bond motifs is 4. The molecule has 34 heavy (non-hydrogen) atoms. The number of aryl methyl sites for hydroxylation is 1. The number of benzene rings is 3. The molecule has 1 amide bonds. The van der Waals surface area contributed by atoms with Crippen LogP contribution in [0.2, 0.25) is 0 Å². The van der Waals surface area contributed by atoms with Gasteiger partial charge in [-0.1, -0.05) is 66.7 Å². The highest BCUT2D eigenvalue weighted by Gasteiger charge is 2.49. The number of aliphatic carboxylic acids is 1. The molecule has 0 bridgehead atoms. The first kappa shape index (κ1) is 21.9. The summed E-state index contributed by atoms with van der Waals surface area (Å²) >= 11 is 0. The zero-order chi connectivity index (χ0) is 23.9. The van der Waals surface area contributed by atoms with E-state index < -0.39 is 29.9 Å². The Morgan fingerprint density at radius 1 is 0.971 bits per heavy atom. The van der Waals surface area contributed by atoms with Gasteiger partial charge in [0.1, 0.15) is 13.2 Å². The van der Waals surface area contributed by atoms with Crippen molar-refractivity contribution in [1.82, 2.24) is 0 Å². The maximum atomic E-state index is 13.4. The van der Waals surface area contributed by atoms with Crippen molar-refractivity contribution in [2.24, 2.45) is 5.73 Å². The van der Waals surface area contributed by atoms with E-state index in [1.54, 1.807) is 24.3 Å². The van der Waals surface area contributed by atoms with E-state index in [1.165, 1.54) is 0 Å². The summed E-state index contributed by atoms with van der Waals surface area (Å²) in [5.74, 6) is -2.98. The fourth-order valence-corrected chi connectivity index (χ4v) is 4.98. The number of nitrogens with two attached hydrogens (primary N) is 1. The number of rotatable bonds is 5. The van der Waals surface area contributed by atoms with Crippen molar-refractivity contribution in [2.75, 3.05) is 18.1 Å². The molecule has 5 rings (SSSR count). The molecule has 1 aliphatic heterocycles. The van der Waals surface area contributed by atoms with E-state index in [0.717, 1.165) is 32.7 Å². The summed E-state index contributed by atoms with van der Waals surface area (Å²) in [5.41, 5.74) is 9.93. The van der Waals surface area contributed by atoms with Crippen molar-refractivity contribution in [1.29, 1.82) is 0 Å². The number of hydrogen-bond acceptors (Lipinski definition) is 5. The van der Waals surface area contributed by atoms with Crippen LogP contribution in [0.3, 0.4) is 0 Å². The Morgan fingerprint density at radius 2 is 1.56 bits per heavy atom. The number of esters is 1. The van der Waals surface area contributed by atoms with Crippen molar-refractivity contribution < 1.29 is 24.2 Å². The van der Waals surface area contributed by atoms with Crippen molar-refractivity contribution in [2.45, 2.75) is 24.3 Å². The number of amides is 1. The van der Waals surface area contributed by atoms with Crippen LogP contribution in [-0.4, -0.2) is 41.6 Å². The molecule has 1 heterocycles. The first-order valence-corrected chi connectivity index (χ1v) is 11.2. The van der Waals surface area contributed by atoms with Gasteiger partial charge >= 0.3 is 11.9 Å². The Hall–Kier alpha value is -3.97. The van der Waals surface area contributed by atoms with Gasteiger partial charge in [-0.15, -0.1) is 0 Å². The number of carboxylic acid groups (broad SMARTS) is 1. The fraction of sp³-hybridized carbons (Fsp3) is 0.222. The molecule has 1 atom stereocenters. The number of carbonyl (C=O) groups excluding carboxylic acids is 2. The first-order chi connectivity index (χ1) is 16.4. The van der Waals surface area contributed by atoms with E-state index in [1.807, 2.05) is 48.5 Å². The average molecular weight is 456 g/mol. The molecule has 0 spiro atoms. The van der Waals surface area contributed by atoms with E-state index >= 15 is 0 Å². The first-order valence-electron chi connectivity index (χ1n) is 11.2. The van der Waals surface area contributed by atoms with Crippen LogP contribution in [0.25, 0.3) is 11.1 Å². The SMILES string of the molecule is NC1(C(=O)OCC2c3ccccc3-c3ccccc32)CCc2ccccc2N(CC(=O)O)C1=O. The van der Waals surface area contributed by atoms with Gasteiger partial charge in [0.15, 0.2) is 5.54 Å². The van der Waals surface area contributed by atoms with Crippen LogP contribution >= 0.6 is 0 Å². The Bertz CT molecular complexity index is 1260. The van der Waals surface area contributed by atoms with E-state index in [2.05, 4.69) is 0 Å². The topological polar surface area (TPSA) is 110 Å². The van der Waals surface area contributed by atoms with Gasteiger partial charge in [-0.3, -0.25) is 14.5 Å². The Labute approximate surface area is 196 Å². The summed E-state index contributed by atoms with van der Waals surface area (Å²) in [6.07, 6.45) is 0.369. The molecule has 7 nitrogen and oxygen atoms in total. The molecule has 172 valence electrons. The molecule has 0 fully saturated rings. The zero-order valence-electron chi connectivity index (χ0n) is 18.4. The van der Waals surface area contributed by atoms with Crippen LogP contribution in [0.5, 0.6) is 0 Å². The van der Waals surface area contributed by atoms with Gasteiger partial charge in [0.2, 0.25) is 0 Å². The molecule has 0 saturated carbocycles. The van der Waals surface area contributed by atoms with Gasteiger partial charge in [0, 0.05) is 11.6 Å². The van der Waals surface area contributed by atoms with Crippen molar-refractivity contribution in [3.63, 3.8) is 0 Å². The van der Waals surface area contributed by atoms with Gasteiger partial charge in [-0.05, 0) is 46.7 Å². The molecule has 0 radical (unpaired) electrons. The molecule has 3 aromatic carbocycles. The van der Waals surface area contributed by atoms with Gasteiger partial charge < -0.3 is 15.6 Å². The minimum atomic E-state index is -1.98. The van der Waals surface area contributed by atoms with Crippen LogP contribution in [0.4, 0.5) is 5.69 Å². The highest BCUT2D eigenvalue weighted by molar-refractivity contribution is 6.15. The fourth-order valence-electron chi connectivity index (χ4n) is 4.98. The summed E-state index contributed by atoms with van der Waals surface area (Å²) in [5, 5.41) is 9.39. The van der Waals surface area contributed by atoms with Crippen molar-refractivity contribution in [3.05, 3.63) is 89.5 Å². The predicted molar refractivity (Wildman–Crippen MR) is 126 cm³/mol. The average Bonchev–Trinajstić information content (AvgIpc) is 3.12. The molecule has 3 N–H and O–H groups in total. The smallest absolute Gasteiger partial charge is 0.336 e. The third kappa shape index (κ3) is 3.54. The summed E-state index contributed by atoms with van der Waals surface area (Å²) in [7, 11) is 0. The molecule has 7 heteroatoms. The zero-order valence-corrected chi connectivity index (χ0v) is 18.4. The summed E-state index contributed by atoms with van der Waals surface area (Å²) in [6.45, 7) is -0.559. The molecule has 1 unspecified atom stereocenters. The standard InChI is InChI=1S/C27H24N2O5/c28-27(14-13-17-7-1-6-12-23(17)29(25(27)32)15-24(30)31)26(33)34-16-22-20-10-4-2-8-18(20)19-9-3-5-11-21(19)22/h1-12,22H,13-16,28H2,(H,30,31). The minimum absolute atomic E-state index is 0.0235. The summed E-state index contributed by atoms with van der Waals surface area (Å²) in [6, 6.07) is 22.9. The van der Waals surface area contributed by atoms with Gasteiger partial charge in [-0.25, -0.2) is 4.79 Å². The Balaban J connectivity index is 1.42. The second-order valence-corrected chi connectivity index (χ2v) is 8.71. The Kier molecular flexibility index (Phi) is 5.42. The number of nitrogens with zero attached hydrogens (tertiary/aromatic N) is 1. The number of ether oxygens (including phenoxy) is 1. The van der Waals surface area contributed by atoms with Crippen LogP contribution in [0.15, 0.2) is 72.8 Å². The Morgan fingerprint density at radius 3 is 2.21 bits per heavy atom. The lowest BCUT2D eigenvalue weighted by Crippen LogP contribution is -2.61. The lowest BCUT2D eigenvalue weighted by atomic mass is 9.92.